The minimum Gasteiger partial charge on any atom is -0.487 e. The van der Waals surface area contributed by atoms with E-state index in [1.54, 1.807) is 12.1 Å². The number of hydrogen-bond acceptors (Lipinski definition) is 2. The van der Waals surface area contributed by atoms with E-state index in [1.165, 1.54) is 6.07 Å². The van der Waals surface area contributed by atoms with Crippen molar-refractivity contribution in [2.24, 2.45) is 0 Å². The minimum atomic E-state index is -0.280. The third-order valence-corrected chi connectivity index (χ3v) is 4.59. The first-order valence-electron chi connectivity index (χ1n) is 6.20. The highest BCUT2D eigenvalue weighted by atomic mass is 79.9. The number of nitrogens with one attached hydrogen (secondary N) is 1. The van der Waals surface area contributed by atoms with E-state index in [4.69, 9.17) is 4.74 Å². The van der Waals surface area contributed by atoms with Crippen molar-refractivity contribution in [1.82, 2.24) is 5.32 Å². The van der Waals surface area contributed by atoms with Gasteiger partial charge in [-0.05, 0) is 90.2 Å². The molecular formula is C15H13Br3FNO. The van der Waals surface area contributed by atoms with Crippen molar-refractivity contribution in [2.45, 2.75) is 13.2 Å². The van der Waals surface area contributed by atoms with Gasteiger partial charge in [0.1, 0.15) is 18.2 Å². The van der Waals surface area contributed by atoms with E-state index in [2.05, 4.69) is 53.1 Å². The molecule has 0 bridgehead atoms. The van der Waals surface area contributed by atoms with E-state index in [-0.39, 0.29) is 5.82 Å². The van der Waals surface area contributed by atoms with E-state index in [0.717, 1.165) is 32.4 Å². The predicted molar refractivity (Wildman–Crippen MR) is 93.0 cm³/mol. The second kappa shape index (κ2) is 7.72. The van der Waals surface area contributed by atoms with E-state index in [1.807, 2.05) is 19.2 Å². The van der Waals surface area contributed by atoms with Crippen LogP contribution in [0.4, 0.5) is 4.39 Å². The van der Waals surface area contributed by atoms with Crippen LogP contribution in [0, 0.1) is 5.82 Å². The Hall–Kier alpha value is -0.430. The number of hydrogen-bond donors (Lipinski definition) is 1. The molecule has 0 spiro atoms. The van der Waals surface area contributed by atoms with Crippen molar-refractivity contribution >= 4 is 47.8 Å². The Kier molecular flexibility index (Phi) is 6.22. The largest absolute Gasteiger partial charge is 0.487 e. The van der Waals surface area contributed by atoms with Crippen molar-refractivity contribution < 1.29 is 9.13 Å². The molecule has 0 saturated heterocycles. The van der Waals surface area contributed by atoms with Crippen LogP contribution in [0.5, 0.6) is 5.75 Å². The summed E-state index contributed by atoms with van der Waals surface area (Å²) >= 11 is 10.2. The molecule has 0 atom stereocenters. The van der Waals surface area contributed by atoms with Crippen molar-refractivity contribution in [1.29, 1.82) is 0 Å². The van der Waals surface area contributed by atoms with Gasteiger partial charge < -0.3 is 10.1 Å². The molecule has 21 heavy (non-hydrogen) atoms. The van der Waals surface area contributed by atoms with Crippen LogP contribution in [0.3, 0.4) is 0 Å². The summed E-state index contributed by atoms with van der Waals surface area (Å²) in [5, 5.41) is 3.10. The minimum absolute atomic E-state index is 0.280. The number of halogens is 4. The van der Waals surface area contributed by atoms with Gasteiger partial charge in [-0.3, -0.25) is 0 Å². The molecule has 6 heteroatoms. The molecule has 0 aromatic heterocycles. The molecule has 0 radical (unpaired) electrons. The van der Waals surface area contributed by atoms with E-state index in [0.29, 0.717) is 11.1 Å². The molecule has 2 rings (SSSR count). The quantitative estimate of drug-likeness (QED) is 0.616. The van der Waals surface area contributed by atoms with Crippen LogP contribution in [-0.2, 0) is 13.2 Å². The fourth-order valence-corrected chi connectivity index (χ4v) is 3.78. The van der Waals surface area contributed by atoms with Gasteiger partial charge in [0.05, 0.1) is 13.4 Å². The fraction of sp³-hybridized carbons (Fsp3) is 0.200. The SMILES string of the molecule is CNCc1cc(Br)c(OCc2ccc(F)c(Br)c2)c(Br)c1. The molecule has 2 aromatic rings. The van der Waals surface area contributed by atoms with E-state index >= 15 is 0 Å². The maximum Gasteiger partial charge on any atom is 0.148 e. The van der Waals surface area contributed by atoms with Gasteiger partial charge in [-0.15, -0.1) is 0 Å². The standard InChI is InChI=1S/C15H13Br3FNO/c1-20-7-10-5-12(17)15(13(18)6-10)21-8-9-2-3-14(19)11(16)4-9/h2-6,20H,7-8H2,1H3. The lowest BCUT2D eigenvalue weighted by molar-refractivity contribution is 0.302. The molecule has 0 amide bonds. The van der Waals surface area contributed by atoms with Gasteiger partial charge in [0, 0.05) is 6.54 Å². The van der Waals surface area contributed by atoms with Crippen LogP contribution in [0.2, 0.25) is 0 Å². The topological polar surface area (TPSA) is 21.3 Å². The zero-order valence-corrected chi connectivity index (χ0v) is 16.0. The summed E-state index contributed by atoms with van der Waals surface area (Å²) < 4.78 is 21.2. The number of ether oxygens (including phenoxy) is 1. The predicted octanol–water partition coefficient (Wildman–Crippen LogP) is 5.41. The molecule has 2 nitrogen and oxygen atoms in total. The lowest BCUT2D eigenvalue weighted by atomic mass is 10.2. The highest BCUT2D eigenvalue weighted by Gasteiger charge is 2.10. The molecule has 0 heterocycles. The molecule has 0 saturated carbocycles. The molecule has 112 valence electrons. The van der Waals surface area contributed by atoms with Crippen LogP contribution in [0.25, 0.3) is 0 Å². The molecule has 2 aromatic carbocycles. The highest BCUT2D eigenvalue weighted by Crippen LogP contribution is 2.35. The van der Waals surface area contributed by atoms with Crippen LogP contribution >= 0.6 is 47.8 Å². The summed E-state index contributed by atoms with van der Waals surface area (Å²) in [4.78, 5) is 0. The van der Waals surface area contributed by atoms with Gasteiger partial charge in [-0.2, -0.15) is 0 Å². The summed E-state index contributed by atoms with van der Waals surface area (Å²) in [6.07, 6.45) is 0. The maximum atomic E-state index is 13.2. The molecule has 0 aliphatic rings. The average molecular weight is 482 g/mol. The molecule has 1 N–H and O–H groups in total. The molecule has 0 unspecified atom stereocenters. The van der Waals surface area contributed by atoms with Gasteiger partial charge in [0.15, 0.2) is 0 Å². The van der Waals surface area contributed by atoms with E-state index in [9.17, 15) is 4.39 Å². The fourth-order valence-electron chi connectivity index (χ4n) is 1.84. The Labute approximate surface area is 148 Å². The smallest absolute Gasteiger partial charge is 0.148 e. The second-order valence-corrected chi connectivity index (χ2v) is 7.02. The Bertz CT molecular complexity index is 626. The van der Waals surface area contributed by atoms with Crippen molar-refractivity contribution in [2.75, 3.05) is 7.05 Å². The van der Waals surface area contributed by atoms with Gasteiger partial charge in [-0.25, -0.2) is 4.39 Å². The second-order valence-electron chi connectivity index (χ2n) is 4.46. The zero-order valence-electron chi connectivity index (χ0n) is 11.2. The summed E-state index contributed by atoms with van der Waals surface area (Å²) in [7, 11) is 1.90. The molecule has 0 aliphatic heterocycles. The third kappa shape index (κ3) is 4.52. The maximum absolute atomic E-state index is 13.2. The lowest BCUT2D eigenvalue weighted by Crippen LogP contribution is -2.05. The first-order chi connectivity index (χ1) is 10.0. The Morgan fingerprint density at radius 1 is 1.00 bits per heavy atom. The first kappa shape index (κ1) is 16.9. The van der Waals surface area contributed by atoms with Gasteiger partial charge in [0.25, 0.3) is 0 Å². The first-order valence-corrected chi connectivity index (χ1v) is 8.58. The lowest BCUT2D eigenvalue weighted by Gasteiger charge is -2.12. The zero-order chi connectivity index (χ0) is 15.4. The number of rotatable bonds is 5. The molecule has 0 aliphatic carbocycles. The van der Waals surface area contributed by atoms with Crippen molar-refractivity contribution in [3.63, 3.8) is 0 Å². The van der Waals surface area contributed by atoms with Crippen LogP contribution in [-0.4, -0.2) is 7.05 Å². The van der Waals surface area contributed by atoms with Crippen LogP contribution in [0.15, 0.2) is 43.7 Å². The van der Waals surface area contributed by atoms with Crippen LogP contribution < -0.4 is 10.1 Å². The summed E-state index contributed by atoms with van der Waals surface area (Å²) in [5.74, 6) is 0.452. The summed E-state index contributed by atoms with van der Waals surface area (Å²) in [6, 6.07) is 8.86. The molecular weight excluding hydrogens is 469 g/mol. The van der Waals surface area contributed by atoms with Gasteiger partial charge in [0.2, 0.25) is 0 Å². The number of benzene rings is 2. The Balaban J connectivity index is 2.14. The Morgan fingerprint density at radius 3 is 2.19 bits per heavy atom. The normalized spacial score (nSPS) is 10.7. The van der Waals surface area contributed by atoms with Gasteiger partial charge >= 0.3 is 0 Å². The third-order valence-electron chi connectivity index (χ3n) is 2.81. The monoisotopic (exact) mass is 479 g/mol. The molecule has 0 fully saturated rings. The van der Waals surface area contributed by atoms with Gasteiger partial charge in [-0.1, -0.05) is 6.07 Å². The average Bonchev–Trinajstić information content (AvgIpc) is 2.42. The van der Waals surface area contributed by atoms with Crippen LogP contribution in [0.1, 0.15) is 11.1 Å². The van der Waals surface area contributed by atoms with Crippen molar-refractivity contribution in [3.05, 3.63) is 60.7 Å². The summed E-state index contributed by atoms with van der Waals surface area (Å²) in [5.41, 5.74) is 2.04. The Morgan fingerprint density at radius 2 is 1.62 bits per heavy atom. The van der Waals surface area contributed by atoms with E-state index < -0.39 is 0 Å². The van der Waals surface area contributed by atoms with Crippen molar-refractivity contribution in [3.8, 4) is 5.75 Å². The summed E-state index contributed by atoms with van der Waals surface area (Å²) in [6.45, 7) is 1.14. The highest BCUT2D eigenvalue weighted by molar-refractivity contribution is 9.11.